The summed E-state index contributed by atoms with van der Waals surface area (Å²) in [7, 11) is 1.88. The standard InChI is InChI=1S/C7H7N5S/c1-12(7-9-10-11-13-7)6-4-2-3-5-8-6/h2-5H,1H3. The first-order chi connectivity index (χ1) is 6.38. The molecule has 2 heterocycles. The van der Waals surface area contributed by atoms with E-state index in [4.69, 9.17) is 0 Å². The van der Waals surface area contributed by atoms with Crippen LogP contribution in [0.5, 0.6) is 0 Å². The second-order valence-corrected chi connectivity index (χ2v) is 3.10. The van der Waals surface area contributed by atoms with E-state index in [2.05, 4.69) is 19.8 Å². The maximum absolute atomic E-state index is 4.17. The smallest absolute Gasteiger partial charge is 0.233 e. The van der Waals surface area contributed by atoms with Gasteiger partial charge in [-0.15, -0.1) is 0 Å². The fourth-order valence-corrected chi connectivity index (χ4v) is 1.34. The van der Waals surface area contributed by atoms with Crippen molar-refractivity contribution >= 4 is 22.5 Å². The van der Waals surface area contributed by atoms with Crippen LogP contribution in [0.2, 0.25) is 0 Å². The van der Waals surface area contributed by atoms with Crippen molar-refractivity contribution in [1.29, 1.82) is 0 Å². The normalized spacial score (nSPS) is 9.92. The summed E-state index contributed by atoms with van der Waals surface area (Å²) in [6.07, 6.45) is 1.74. The van der Waals surface area contributed by atoms with Gasteiger partial charge in [0.15, 0.2) is 0 Å². The lowest BCUT2D eigenvalue weighted by molar-refractivity contribution is 0.940. The van der Waals surface area contributed by atoms with Gasteiger partial charge in [-0.3, -0.25) is 0 Å². The third kappa shape index (κ3) is 1.62. The molecule has 2 aromatic rings. The van der Waals surface area contributed by atoms with Crippen LogP contribution in [0.25, 0.3) is 0 Å². The zero-order valence-electron chi connectivity index (χ0n) is 6.95. The van der Waals surface area contributed by atoms with Gasteiger partial charge in [0, 0.05) is 24.8 Å². The van der Waals surface area contributed by atoms with Crippen LogP contribution in [0.3, 0.4) is 0 Å². The number of rotatable bonds is 2. The molecular formula is C7H7N5S. The summed E-state index contributed by atoms with van der Waals surface area (Å²) in [4.78, 5) is 6.01. The van der Waals surface area contributed by atoms with Gasteiger partial charge in [-0.2, -0.15) is 0 Å². The summed E-state index contributed by atoms with van der Waals surface area (Å²) >= 11 is 1.24. The zero-order chi connectivity index (χ0) is 9.10. The molecule has 0 atom stereocenters. The second kappa shape index (κ2) is 3.44. The van der Waals surface area contributed by atoms with Crippen LogP contribution in [0.15, 0.2) is 24.4 Å². The molecule has 0 saturated heterocycles. The SMILES string of the molecule is CN(c1ccccn1)c1nnns1. The van der Waals surface area contributed by atoms with Crippen LogP contribution in [0.1, 0.15) is 0 Å². The molecule has 66 valence electrons. The monoisotopic (exact) mass is 193 g/mol. The minimum Gasteiger partial charge on any atom is -0.303 e. The van der Waals surface area contributed by atoms with Crippen LogP contribution in [-0.2, 0) is 0 Å². The largest absolute Gasteiger partial charge is 0.303 e. The summed E-state index contributed by atoms with van der Waals surface area (Å²) in [6.45, 7) is 0. The van der Waals surface area contributed by atoms with Gasteiger partial charge in [0.25, 0.3) is 0 Å². The lowest BCUT2D eigenvalue weighted by Gasteiger charge is -2.11. The predicted octanol–water partition coefficient (Wildman–Crippen LogP) is 1.10. The molecular weight excluding hydrogens is 186 g/mol. The van der Waals surface area contributed by atoms with E-state index in [-0.39, 0.29) is 0 Å². The molecule has 0 unspecified atom stereocenters. The van der Waals surface area contributed by atoms with Crippen molar-refractivity contribution < 1.29 is 0 Å². The van der Waals surface area contributed by atoms with Crippen LogP contribution < -0.4 is 4.90 Å². The van der Waals surface area contributed by atoms with E-state index < -0.39 is 0 Å². The molecule has 5 nitrogen and oxygen atoms in total. The third-order valence-electron chi connectivity index (χ3n) is 1.57. The second-order valence-electron chi connectivity index (χ2n) is 2.39. The minimum atomic E-state index is 0.735. The predicted molar refractivity (Wildman–Crippen MR) is 50.0 cm³/mol. The number of hydrogen-bond acceptors (Lipinski definition) is 6. The highest BCUT2D eigenvalue weighted by Gasteiger charge is 2.07. The van der Waals surface area contributed by atoms with Crippen molar-refractivity contribution in [3.05, 3.63) is 24.4 Å². The van der Waals surface area contributed by atoms with E-state index in [1.807, 2.05) is 30.1 Å². The van der Waals surface area contributed by atoms with Crippen LogP contribution in [0.4, 0.5) is 10.9 Å². The first-order valence-corrected chi connectivity index (χ1v) is 4.45. The Balaban J connectivity index is 2.29. The molecule has 0 fully saturated rings. The highest BCUT2D eigenvalue weighted by atomic mass is 32.1. The third-order valence-corrected chi connectivity index (χ3v) is 2.24. The summed E-state index contributed by atoms with van der Waals surface area (Å²) in [6, 6.07) is 5.70. The minimum absolute atomic E-state index is 0.735. The van der Waals surface area contributed by atoms with Gasteiger partial charge >= 0.3 is 0 Å². The highest BCUT2D eigenvalue weighted by molar-refractivity contribution is 7.09. The Morgan fingerprint density at radius 2 is 2.31 bits per heavy atom. The van der Waals surface area contributed by atoms with Gasteiger partial charge in [0.05, 0.1) is 0 Å². The van der Waals surface area contributed by atoms with Crippen LogP contribution >= 0.6 is 11.5 Å². The van der Waals surface area contributed by atoms with Crippen molar-refractivity contribution in [2.45, 2.75) is 0 Å². The first-order valence-electron chi connectivity index (χ1n) is 3.68. The van der Waals surface area contributed by atoms with Gasteiger partial charge in [-0.1, -0.05) is 15.7 Å². The van der Waals surface area contributed by atoms with E-state index in [1.165, 1.54) is 11.5 Å². The van der Waals surface area contributed by atoms with E-state index in [0.29, 0.717) is 0 Å². The summed E-state index contributed by atoms with van der Waals surface area (Å²) in [5.74, 6) is 0.834. The number of hydrogen-bond donors (Lipinski definition) is 0. The van der Waals surface area contributed by atoms with Gasteiger partial charge in [0.2, 0.25) is 5.13 Å². The maximum atomic E-state index is 4.17. The van der Waals surface area contributed by atoms with Gasteiger partial charge in [-0.25, -0.2) is 4.98 Å². The van der Waals surface area contributed by atoms with Crippen LogP contribution in [0, 0.1) is 0 Å². The summed E-state index contributed by atoms with van der Waals surface area (Å²) in [5.41, 5.74) is 0. The average molecular weight is 193 g/mol. The Kier molecular flexibility index (Phi) is 2.13. The number of aromatic nitrogens is 4. The van der Waals surface area contributed by atoms with Crippen molar-refractivity contribution in [3.8, 4) is 0 Å². The van der Waals surface area contributed by atoms with Gasteiger partial charge in [-0.05, 0) is 17.3 Å². The summed E-state index contributed by atoms with van der Waals surface area (Å²) < 4.78 is 3.68. The molecule has 2 rings (SSSR count). The molecule has 0 spiro atoms. The van der Waals surface area contributed by atoms with Crippen molar-refractivity contribution in [3.63, 3.8) is 0 Å². The number of nitrogens with zero attached hydrogens (tertiary/aromatic N) is 5. The molecule has 0 radical (unpaired) electrons. The molecule has 0 aliphatic rings. The van der Waals surface area contributed by atoms with E-state index >= 15 is 0 Å². The fourth-order valence-electron chi connectivity index (χ4n) is 0.908. The Hall–Kier alpha value is -1.56. The quantitative estimate of drug-likeness (QED) is 0.714. The molecule has 13 heavy (non-hydrogen) atoms. The molecule has 0 aromatic carbocycles. The molecule has 0 saturated carbocycles. The number of pyridine rings is 1. The lowest BCUT2D eigenvalue weighted by atomic mass is 10.4. The Bertz CT molecular complexity index is 360. The molecule has 0 aliphatic carbocycles. The zero-order valence-corrected chi connectivity index (χ0v) is 7.77. The molecule has 2 aromatic heterocycles. The molecule has 0 aliphatic heterocycles. The van der Waals surface area contributed by atoms with Crippen molar-refractivity contribution in [1.82, 2.24) is 19.8 Å². The Labute approximate surface area is 79.2 Å². The van der Waals surface area contributed by atoms with E-state index in [1.54, 1.807) is 6.20 Å². The fraction of sp³-hybridized carbons (Fsp3) is 0.143. The highest BCUT2D eigenvalue weighted by Crippen LogP contribution is 2.19. The Morgan fingerprint density at radius 1 is 1.38 bits per heavy atom. The van der Waals surface area contributed by atoms with Gasteiger partial charge in [0.1, 0.15) is 5.82 Å². The Morgan fingerprint density at radius 3 is 2.92 bits per heavy atom. The van der Waals surface area contributed by atoms with E-state index in [9.17, 15) is 0 Å². The topological polar surface area (TPSA) is 54.8 Å². The van der Waals surface area contributed by atoms with Crippen molar-refractivity contribution in [2.75, 3.05) is 11.9 Å². The number of anilines is 2. The molecule has 0 bridgehead atoms. The summed E-state index contributed by atoms with van der Waals surface area (Å²) in [5, 5.41) is 8.09. The van der Waals surface area contributed by atoms with Crippen molar-refractivity contribution in [2.24, 2.45) is 0 Å². The molecule has 0 N–H and O–H groups in total. The van der Waals surface area contributed by atoms with E-state index in [0.717, 1.165) is 10.9 Å². The maximum Gasteiger partial charge on any atom is 0.233 e. The van der Waals surface area contributed by atoms with Crippen LogP contribution in [-0.4, -0.2) is 26.8 Å². The average Bonchev–Trinajstić information content (AvgIpc) is 2.71. The first kappa shape index (κ1) is 8.06. The molecule has 0 amide bonds. The molecule has 6 heteroatoms. The van der Waals surface area contributed by atoms with Gasteiger partial charge < -0.3 is 4.90 Å². The lowest BCUT2D eigenvalue weighted by Crippen LogP contribution is -2.10.